The standard InChI is InChI=1S/C25H25N7O4S/c1-15(2)20-14-36-25(33)31(20)23-22-19(10-12-37-22)29-24(30-23)26-11-9-16-3-5-17(6-4-16)28-21-8-7-18(13-27-21)32(34)35/h3-8,10,12-13,15,20H,9,11,14H2,1-2H3,(H,27,28)(H,26,29,30)/t20-/m1/s1. The quantitative estimate of drug-likeness (QED) is 0.221. The predicted octanol–water partition coefficient (Wildman–Crippen LogP) is 5.37. The minimum atomic E-state index is -0.480. The average molecular weight is 520 g/mol. The number of nitrogens with one attached hydrogen (secondary N) is 2. The Morgan fingerprint density at radius 3 is 2.70 bits per heavy atom. The first kappa shape index (κ1) is 24.4. The largest absolute Gasteiger partial charge is 0.447 e. The number of ether oxygens (including phenoxy) is 1. The number of rotatable bonds is 9. The Kier molecular flexibility index (Phi) is 6.82. The third-order valence-electron chi connectivity index (χ3n) is 6.07. The topological polar surface area (TPSA) is 135 Å². The molecule has 0 saturated carbocycles. The summed E-state index contributed by atoms with van der Waals surface area (Å²) in [7, 11) is 0. The van der Waals surface area contributed by atoms with Crippen molar-refractivity contribution in [1.82, 2.24) is 15.0 Å². The Bertz CT molecular complexity index is 1420. The number of carbonyl (C=O) groups excluding carboxylic acids is 1. The van der Waals surface area contributed by atoms with Crippen LogP contribution >= 0.6 is 11.3 Å². The Balaban J connectivity index is 1.24. The van der Waals surface area contributed by atoms with Crippen molar-refractivity contribution in [3.05, 3.63) is 69.7 Å². The number of nitrogens with zero attached hydrogens (tertiary/aromatic N) is 5. The van der Waals surface area contributed by atoms with Crippen molar-refractivity contribution in [2.24, 2.45) is 5.92 Å². The molecule has 0 unspecified atom stereocenters. The van der Waals surface area contributed by atoms with Crippen molar-refractivity contribution in [3.8, 4) is 0 Å². The number of pyridine rings is 1. The molecule has 1 saturated heterocycles. The highest BCUT2D eigenvalue weighted by atomic mass is 32.1. The normalized spacial score (nSPS) is 15.3. The average Bonchev–Trinajstić information content (AvgIpc) is 3.51. The molecule has 0 radical (unpaired) electrons. The van der Waals surface area contributed by atoms with Crippen LogP contribution < -0.4 is 15.5 Å². The number of amides is 1. The number of aromatic nitrogens is 3. The molecule has 4 aromatic rings. The van der Waals surface area contributed by atoms with Crippen molar-refractivity contribution in [2.75, 3.05) is 28.7 Å². The summed E-state index contributed by atoms with van der Waals surface area (Å²) in [4.78, 5) is 37.9. The summed E-state index contributed by atoms with van der Waals surface area (Å²) in [5.74, 6) is 1.80. The molecule has 1 atom stereocenters. The summed E-state index contributed by atoms with van der Waals surface area (Å²) in [6.45, 7) is 5.08. The zero-order valence-corrected chi connectivity index (χ0v) is 21.1. The van der Waals surface area contributed by atoms with Crippen LogP contribution in [0.1, 0.15) is 19.4 Å². The van der Waals surface area contributed by atoms with Gasteiger partial charge in [0.1, 0.15) is 18.6 Å². The Morgan fingerprint density at radius 1 is 1.19 bits per heavy atom. The monoisotopic (exact) mass is 519 g/mol. The van der Waals surface area contributed by atoms with E-state index in [-0.39, 0.29) is 23.7 Å². The number of fused-ring (bicyclic) bond motifs is 1. The van der Waals surface area contributed by atoms with E-state index in [1.807, 2.05) is 35.7 Å². The molecule has 1 aliphatic rings. The third-order valence-corrected chi connectivity index (χ3v) is 6.97. The Hall–Kier alpha value is -4.32. The number of anilines is 4. The molecule has 190 valence electrons. The number of nitro groups is 1. The van der Waals surface area contributed by atoms with Gasteiger partial charge in [-0.05, 0) is 47.5 Å². The van der Waals surface area contributed by atoms with Gasteiger partial charge in [0.15, 0.2) is 5.82 Å². The van der Waals surface area contributed by atoms with E-state index < -0.39 is 4.92 Å². The number of hydrogen-bond donors (Lipinski definition) is 2. The van der Waals surface area contributed by atoms with E-state index in [1.165, 1.54) is 23.6 Å². The highest BCUT2D eigenvalue weighted by Gasteiger charge is 2.38. The van der Waals surface area contributed by atoms with Crippen LogP contribution in [0.3, 0.4) is 0 Å². The highest BCUT2D eigenvalue weighted by Crippen LogP contribution is 2.35. The molecule has 0 spiro atoms. The molecule has 37 heavy (non-hydrogen) atoms. The lowest BCUT2D eigenvalue weighted by atomic mass is 10.0. The van der Waals surface area contributed by atoms with Crippen molar-refractivity contribution >= 4 is 56.6 Å². The molecule has 3 aromatic heterocycles. The Labute approximate surface area is 216 Å². The first-order valence-corrected chi connectivity index (χ1v) is 12.7. The number of thiophene rings is 1. The Morgan fingerprint density at radius 2 is 2.00 bits per heavy atom. The molecule has 0 aliphatic carbocycles. The summed E-state index contributed by atoms with van der Waals surface area (Å²) in [5, 5.41) is 19.1. The zero-order valence-electron chi connectivity index (χ0n) is 20.2. The lowest BCUT2D eigenvalue weighted by Gasteiger charge is -2.24. The molecule has 11 nitrogen and oxygen atoms in total. The maximum Gasteiger partial charge on any atom is 0.415 e. The molecule has 4 heterocycles. The van der Waals surface area contributed by atoms with Gasteiger partial charge in [-0.3, -0.25) is 15.0 Å². The maximum absolute atomic E-state index is 12.5. The molecule has 12 heteroatoms. The third kappa shape index (κ3) is 5.28. The second-order valence-electron chi connectivity index (χ2n) is 8.92. The van der Waals surface area contributed by atoms with Gasteiger partial charge < -0.3 is 15.4 Å². The van der Waals surface area contributed by atoms with E-state index in [0.717, 1.165) is 27.9 Å². The van der Waals surface area contributed by atoms with Crippen molar-refractivity contribution in [2.45, 2.75) is 26.3 Å². The summed E-state index contributed by atoms with van der Waals surface area (Å²) in [6.07, 6.45) is 1.58. The molecule has 5 rings (SSSR count). The van der Waals surface area contributed by atoms with Gasteiger partial charge in [-0.1, -0.05) is 26.0 Å². The molecule has 1 aromatic carbocycles. The van der Waals surface area contributed by atoms with Gasteiger partial charge in [-0.2, -0.15) is 4.98 Å². The van der Waals surface area contributed by atoms with Crippen LogP contribution in [0.25, 0.3) is 10.2 Å². The van der Waals surface area contributed by atoms with Gasteiger partial charge in [0.25, 0.3) is 5.69 Å². The van der Waals surface area contributed by atoms with Crippen molar-refractivity contribution in [1.29, 1.82) is 0 Å². The summed E-state index contributed by atoms with van der Waals surface area (Å²) in [6, 6.07) is 12.7. The van der Waals surface area contributed by atoms with Crippen LogP contribution in [-0.4, -0.2) is 45.2 Å². The molecule has 1 amide bonds. The fraction of sp³-hybridized carbons (Fsp3) is 0.280. The SMILES string of the molecule is CC(C)[C@H]1COC(=O)N1c1nc(NCCc2ccc(Nc3ccc([N+](=O)[O-])cn3)cc2)nc2ccsc12. The van der Waals surface area contributed by atoms with Gasteiger partial charge in [0.2, 0.25) is 5.95 Å². The molecule has 0 bridgehead atoms. The van der Waals surface area contributed by atoms with Crippen LogP contribution in [0.15, 0.2) is 54.0 Å². The molecule has 1 aliphatic heterocycles. The lowest BCUT2D eigenvalue weighted by molar-refractivity contribution is -0.385. The first-order valence-electron chi connectivity index (χ1n) is 11.8. The van der Waals surface area contributed by atoms with Crippen LogP contribution in [-0.2, 0) is 11.2 Å². The summed E-state index contributed by atoms with van der Waals surface area (Å²) >= 11 is 1.51. The second-order valence-corrected chi connectivity index (χ2v) is 9.84. The van der Waals surface area contributed by atoms with Crippen LogP contribution in [0.4, 0.5) is 33.8 Å². The summed E-state index contributed by atoms with van der Waals surface area (Å²) in [5.41, 5.74) is 2.67. The van der Waals surface area contributed by atoms with Gasteiger partial charge in [0.05, 0.1) is 21.2 Å². The smallest absolute Gasteiger partial charge is 0.415 e. The van der Waals surface area contributed by atoms with Crippen molar-refractivity contribution < 1.29 is 14.5 Å². The zero-order chi connectivity index (χ0) is 25.9. The van der Waals surface area contributed by atoms with Gasteiger partial charge in [-0.15, -0.1) is 11.3 Å². The van der Waals surface area contributed by atoms with Crippen molar-refractivity contribution in [3.63, 3.8) is 0 Å². The number of cyclic esters (lactones) is 1. The van der Waals surface area contributed by atoms with E-state index in [0.29, 0.717) is 30.7 Å². The fourth-order valence-electron chi connectivity index (χ4n) is 4.05. The van der Waals surface area contributed by atoms with E-state index in [9.17, 15) is 14.9 Å². The van der Waals surface area contributed by atoms with Gasteiger partial charge >= 0.3 is 6.09 Å². The summed E-state index contributed by atoms with van der Waals surface area (Å²) < 4.78 is 6.20. The van der Waals surface area contributed by atoms with E-state index in [2.05, 4.69) is 34.4 Å². The number of benzene rings is 1. The molecule has 1 fully saturated rings. The van der Waals surface area contributed by atoms with E-state index in [1.54, 1.807) is 11.0 Å². The molecular formula is C25H25N7O4S. The lowest BCUT2D eigenvalue weighted by Crippen LogP contribution is -2.38. The first-order chi connectivity index (χ1) is 17.9. The second kappa shape index (κ2) is 10.3. The minimum absolute atomic E-state index is 0.0530. The van der Waals surface area contributed by atoms with Gasteiger partial charge in [-0.25, -0.2) is 14.8 Å². The van der Waals surface area contributed by atoms with Crippen LogP contribution in [0.2, 0.25) is 0 Å². The fourth-order valence-corrected chi connectivity index (χ4v) is 4.87. The maximum atomic E-state index is 12.5. The van der Waals surface area contributed by atoms with E-state index >= 15 is 0 Å². The number of hydrogen-bond acceptors (Lipinski definition) is 10. The van der Waals surface area contributed by atoms with Crippen LogP contribution in [0, 0.1) is 16.0 Å². The molecule has 2 N–H and O–H groups in total. The molecular weight excluding hydrogens is 494 g/mol. The number of carbonyl (C=O) groups is 1. The highest BCUT2D eigenvalue weighted by molar-refractivity contribution is 7.17. The predicted molar refractivity (Wildman–Crippen MR) is 143 cm³/mol. The van der Waals surface area contributed by atoms with Crippen LogP contribution in [0.5, 0.6) is 0 Å². The van der Waals surface area contributed by atoms with Gasteiger partial charge in [0, 0.05) is 18.3 Å². The van der Waals surface area contributed by atoms with E-state index in [4.69, 9.17) is 9.72 Å². The minimum Gasteiger partial charge on any atom is -0.447 e.